The molecule has 0 saturated carbocycles. The van der Waals surface area contributed by atoms with Crippen molar-refractivity contribution in [3.8, 4) is 11.8 Å². The summed E-state index contributed by atoms with van der Waals surface area (Å²) in [6.07, 6.45) is -4.58. The molecule has 0 aliphatic rings. The van der Waals surface area contributed by atoms with Crippen molar-refractivity contribution >= 4 is 17.6 Å². The standard InChI is InChI=1S/C11H6ClF3O2/c12-5-1-2-7-3-4-8(11(13,14)15)6-9(7)10(16)17/h3-4,6H,5H2,(H,16,17). The monoisotopic (exact) mass is 262 g/mol. The first-order chi connectivity index (χ1) is 7.86. The van der Waals surface area contributed by atoms with E-state index in [0.29, 0.717) is 6.07 Å². The Morgan fingerprint density at radius 3 is 2.53 bits per heavy atom. The Morgan fingerprint density at radius 2 is 2.06 bits per heavy atom. The summed E-state index contributed by atoms with van der Waals surface area (Å²) < 4.78 is 37.1. The highest BCUT2D eigenvalue weighted by Crippen LogP contribution is 2.30. The fraction of sp³-hybridized carbons (Fsp3) is 0.182. The summed E-state index contributed by atoms with van der Waals surface area (Å²) in [6.45, 7) is 0. The van der Waals surface area contributed by atoms with Crippen LogP contribution >= 0.6 is 11.6 Å². The van der Waals surface area contributed by atoms with Crippen molar-refractivity contribution in [1.29, 1.82) is 0 Å². The average Bonchev–Trinajstić information content (AvgIpc) is 2.24. The highest BCUT2D eigenvalue weighted by molar-refractivity contribution is 6.19. The summed E-state index contributed by atoms with van der Waals surface area (Å²) >= 11 is 5.29. The van der Waals surface area contributed by atoms with Crippen LogP contribution in [0.15, 0.2) is 18.2 Å². The van der Waals surface area contributed by atoms with E-state index in [2.05, 4.69) is 11.8 Å². The van der Waals surface area contributed by atoms with Gasteiger partial charge >= 0.3 is 12.1 Å². The quantitative estimate of drug-likeness (QED) is 0.624. The molecule has 1 rings (SSSR count). The molecule has 0 bridgehead atoms. The van der Waals surface area contributed by atoms with Gasteiger partial charge in [0, 0.05) is 5.56 Å². The van der Waals surface area contributed by atoms with Crippen LogP contribution < -0.4 is 0 Å². The van der Waals surface area contributed by atoms with Gasteiger partial charge in [-0.05, 0) is 18.2 Å². The van der Waals surface area contributed by atoms with E-state index in [1.807, 2.05) is 0 Å². The zero-order chi connectivity index (χ0) is 13.1. The third kappa shape index (κ3) is 3.40. The van der Waals surface area contributed by atoms with Crippen molar-refractivity contribution in [3.63, 3.8) is 0 Å². The number of benzene rings is 1. The highest BCUT2D eigenvalue weighted by Gasteiger charge is 2.31. The average molecular weight is 263 g/mol. The van der Waals surface area contributed by atoms with Gasteiger partial charge in [-0.3, -0.25) is 0 Å². The van der Waals surface area contributed by atoms with Crippen LogP contribution in [0.5, 0.6) is 0 Å². The van der Waals surface area contributed by atoms with E-state index < -0.39 is 23.3 Å². The number of hydrogen-bond acceptors (Lipinski definition) is 1. The third-order valence-corrected chi connectivity index (χ3v) is 2.00. The molecule has 1 aromatic carbocycles. The lowest BCUT2D eigenvalue weighted by atomic mass is 10.0. The number of alkyl halides is 4. The normalized spacial score (nSPS) is 10.6. The lowest BCUT2D eigenvalue weighted by Gasteiger charge is -2.08. The van der Waals surface area contributed by atoms with E-state index >= 15 is 0 Å². The van der Waals surface area contributed by atoms with Crippen LogP contribution in [0.1, 0.15) is 21.5 Å². The molecule has 1 aromatic rings. The van der Waals surface area contributed by atoms with Crippen LogP contribution in [0.2, 0.25) is 0 Å². The van der Waals surface area contributed by atoms with Crippen LogP contribution in [0.25, 0.3) is 0 Å². The van der Waals surface area contributed by atoms with Gasteiger partial charge in [-0.25, -0.2) is 4.79 Å². The molecule has 0 atom stereocenters. The number of rotatable bonds is 1. The Kier molecular flexibility index (Phi) is 4.02. The number of carbonyl (C=O) groups is 1. The molecule has 0 aliphatic carbocycles. The maximum absolute atomic E-state index is 12.4. The van der Waals surface area contributed by atoms with Crippen molar-refractivity contribution in [2.45, 2.75) is 6.18 Å². The second-order valence-electron chi connectivity index (χ2n) is 3.00. The Labute approximate surface area is 100 Å². The molecule has 0 spiro atoms. The van der Waals surface area contributed by atoms with E-state index in [1.54, 1.807) is 0 Å². The van der Waals surface area contributed by atoms with Gasteiger partial charge in [-0.2, -0.15) is 13.2 Å². The molecule has 0 heterocycles. The van der Waals surface area contributed by atoms with Gasteiger partial charge in [0.05, 0.1) is 17.0 Å². The minimum absolute atomic E-state index is 0.00569. The minimum atomic E-state index is -4.58. The minimum Gasteiger partial charge on any atom is -0.478 e. The Hall–Kier alpha value is -1.67. The molecule has 0 amide bonds. The summed E-state index contributed by atoms with van der Waals surface area (Å²) in [5, 5.41) is 8.79. The van der Waals surface area contributed by atoms with Crippen molar-refractivity contribution in [3.05, 3.63) is 34.9 Å². The first kappa shape index (κ1) is 13.4. The molecule has 90 valence electrons. The molecule has 17 heavy (non-hydrogen) atoms. The molecule has 1 N–H and O–H groups in total. The number of carboxylic acids is 1. The molecule has 0 aromatic heterocycles. The predicted molar refractivity (Wildman–Crippen MR) is 56.0 cm³/mol. The van der Waals surface area contributed by atoms with Crippen molar-refractivity contribution < 1.29 is 23.1 Å². The molecule has 0 saturated heterocycles. The van der Waals surface area contributed by atoms with E-state index in [0.717, 1.165) is 12.1 Å². The Balaban J connectivity index is 3.32. The van der Waals surface area contributed by atoms with Gasteiger partial charge in [0.2, 0.25) is 0 Å². The van der Waals surface area contributed by atoms with Gasteiger partial charge in [0.15, 0.2) is 0 Å². The van der Waals surface area contributed by atoms with Crippen LogP contribution in [0.3, 0.4) is 0 Å². The lowest BCUT2D eigenvalue weighted by Crippen LogP contribution is -2.08. The number of hydrogen-bond donors (Lipinski definition) is 1. The summed E-state index contributed by atoms with van der Waals surface area (Å²) in [5.41, 5.74) is -1.50. The Bertz CT molecular complexity index is 498. The number of aromatic carboxylic acids is 1. The van der Waals surface area contributed by atoms with Crippen molar-refractivity contribution in [1.82, 2.24) is 0 Å². The fourth-order valence-electron chi connectivity index (χ4n) is 1.14. The van der Waals surface area contributed by atoms with Crippen LogP contribution in [-0.4, -0.2) is 17.0 Å². The molecule has 0 radical (unpaired) electrons. The van der Waals surface area contributed by atoms with Crippen LogP contribution in [0.4, 0.5) is 13.2 Å². The van der Waals surface area contributed by atoms with Crippen LogP contribution in [-0.2, 0) is 6.18 Å². The maximum Gasteiger partial charge on any atom is 0.416 e. The molecular weight excluding hydrogens is 257 g/mol. The molecule has 0 unspecified atom stereocenters. The van der Waals surface area contributed by atoms with Gasteiger partial charge < -0.3 is 5.11 Å². The molecule has 2 nitrogen and oxygen atoms in total. The summed E-state index contributed by atoms with van der Waals surface area (Å²) in [7, 11) is 0. The zero-order valence-corrected chi connectivity index (χ0v) is 9.06. The number of carboxylic acid groups (broad SMARTS) is 1. The van der Waals surface area contributed by atoms with Crippen molar-refractivity contribution in [2.75, 3.05) is 5.88 Å². The van der Waals surface area contributed by atoms with Gasteiger partial charge in [0.1, 0.15) is 0 Å². The lowest BCUT2D eigenvalue weighted by molar-refractivity contribution is -0.137. The first-order valence-electron chi connectivity index (χ1n) is 4.35. The second kappa shape index (κ2) is 5.11. The van der Waals surface area contributed by atoms with Gasteiger partial charge in [-0.15, -0.1) is 11.6 Å². The molecule has 6 heteroatoms. The summed E-state index contributed by atoms with van der Waals surface area (Å²) in [5.74, 6) is 3.29. The highest BCUT2D eigenvalue weighted by atomic mass is 35.5. The molecule has 0 aliphatic heterocycles. The maximum atomic E-state index is 12.4. The largest absolute Gasteiger partial charge is 0.478 e. The Morgan fingerprint density at radius 1 is 1.41 bits per heavy atom. The van der Waals surface area contributed by atoms with Crippen molar-refractivity contribution in [2.24, 2.45) is 0 Å². The zero-order valence-electron chi connectivity index (χ0n) is 8.31. The van der Waals surface area contributed by atoms with Crippen LogP contribution in [0, 0.1) is 11.8 Å². The van der Waals surface area contributed by atoms with Gasteiger partial charge in [-0.1, -0.05) is 11.8 Å². The van der Waals surface area contributed by atoms with Gasteiger partial charge in [0.25, 0.3) is 0 Å². The fourth-order valence-corrected chi connectivity index (χ4v) is 1.20. The first-order valence-corrected chi connectivity index (χ1v) is 4.89. The smallest absolute Gasteiger partial charge is 0.416 e. The topological polar surface area (TPSA) is 37.3 Å². The summed E-state index contributed by atoms with van der Waals surface area (Å²) in [4.78, 5) is 10.8. The molecular formula is C11H6ClF3O2. The number of halogens is 4. The summed E-state index contributed by atoms with van der Waals surface area (Å²) in [6, 6.07) is 2.36. The van der Waals surface area contributed by atoms with E-state index in [4.69, 9.17) is 16.7 Å². The predicted octanol–water partition coefficient (Wildman–Crippen LogP) is 2.99. The second-order valence-corrected chi connectivity index (χ2v) is 3.27. The van der Waals surface area contributed by atoms with E-state index in [1.165, 1.54) is 0 Å². The molecule has 0 fully saturated rings. The SMILES string of the molecule is O=C(O)c1cc(C(F)(F)F)ccc1C#CCCl. The third-order valence-electron chi connectivity index (χ3n) is 1.87. The van der Waals surface area contributed by atoms with E-state index in [-0.39, 0.29) is 11.4 Å². The van der Waals surface area contributed by atoms with E-state index in [9.17, 15) is 18.0 Å².